The molecule has 0 spiro atoms. The van der Waals surface area contributed by atoms with Crippen LogP contribution in [0.15, 0.2) is 0 Å². The van der Waals surface area contributed by atoms with E-state index in [2.05, 4.69) is 11.0 Å². The average Bonchev–Trinajstić information content (AvgIpc) is 2.16. The second-order valence-electron chi connectivity index (χ2n) is 3.79. The van der Waals surface area contributed by atoms with Gasteiger partial charge in [0.1, 0.15) is 0 Å². The predicted molar refractivity (Wildman–Crippen MR) is 53.1 cm³/mol. The maximum atomic E-state index is 8.47. The maximum Gasteiger partial charge on any atom is 0.0635 e. The van der Waals surface area contributed by atoms with E-state index in [-0.39, 0.29) is 0 Å². The summed E-state index contributed by atoms with van der Waals surface area (Å²) in [7, 11) is 0. The second kappa shape index (κ2) is 5.95. The fraction of sp³-hybridized carbons (Fsp3) is 0.900. The van der Waals surface area contributed by atoms with E-state index in [0.717, 1.165) is 32.0 Å². The van der Waals surface area contributed by atoms with Gasteiger partial charge in [0.05, 0.1) is 6.07 Å². The fourth-order valence-electron chi connectivity index (χ4n) is 2.03. The van der Waals surface area contributed by atoms with E-state index in [1.807, 2.05) is 0 Å². The van der Waals surface area contributed by atoms with Gasteiger partial charge >= 0.3 is 0 Å². The second-order valence-corrected chi connectivity index (χ2v) is 3.79. The summed E-state index contributed by atoms with van der Waals surface area (Å²) >= 11 is 0. The fourth-order valence-corrected chi connectivity index (χ4v) is 2.03. The minimum absolute atomic E-state index is 0.662. The molecule has 0 amide bonds. The normalized spacial score (nSPS) is 24.2. The van der Waals surface area contributed by atoms with Crippen LogP contribution in [-0.4, -0.2) is 31.1 Å². The molecule has 1 heterocycles. The van der Waals surface area contributed by atoms with Crippen LogP contribution in [0.3, 0.4) is 0 Å². The topological polar surface area (TPSA) is 53.0 Å². The molecule has 0 saturated carbocycles. The smallest absolute Gasteiger partial charge is 0.0635 e. The SMILES string of the molecule is N#CCCN1CCCC(CCN)C1. The first-order valence-corrected chi connectivity index (χ1v) is 5.16. The Bertz CT molecular complexity index is 171. The Morgan fingerprint density at radius 3 is 3.08 bits per heavy atom. The van der Waals surface area contributed by atoms with E-state index in [4.69, 9.17) is 11.0 Å². The minimum Gasteiger partial charge on any atom is -0.330 e. The number of hydrogen-bond acceptors (Lipinski definition) is 3. The van der Waals surface area contributed by atoms with Crippen molar-refractivity contribution in [3.8, 4) is 6.07 Å². The van der Waals surface area contributed by atoms with Gasteiger partial charge in [0.2, 0.25) is 0 Å². The van der Waals surface area contributed by atoms with Crippen molar-refractivity contribution in [1.82, 2.24) is 4.90 Å². The molecule has 1 atom stereocenters. The third kappa shape index (κ3) is 3.75. The van der Waals surface area contributed by atoms with Gasteiger partial charge in [-0.2, -0.15) is 5.26 Å². The van der Waals surface area contributed by atoms with E-state index in [1.165, 1.54) is 19.4 Å². The van der Waals surface area contributed by atoms with Crippen molar-refractivity contribution in [1.29, 1.82) is 5.26 Å². The number of nitrogens with zero attached hydrogens (tertiary/aromatic N) is 2. The highest BCUT2D eigenvalue weighted by Gasteiger charge is 2.18. The lowest BCUT2D eigenvalue weighted by Gasteiger charge is -2.31. The van der Waals surface area contributed by atoms with Crippen LogP contribution < -0.4 is 5.73 Å². The summed E-state index contributed by atoms with van der Waals surface area (Å²) < 4.78 is 0. The summed E-state index contributed by atoms with van der Waals surface area (Å²) in [6.07, 6.45) is 4.40. The van der Waals surface area contributed by atoms with E-state index < -0.39 is 0 Å². The molecule has 0 aliphatic carbocycles. The molecule has 1 unspecified atom stereocenters. The molecule has 1 aliphatic heterocycles. The zero-order valence-electron chi connectivity index (χ0n) is 8.21. The quantitative estimate of drug-likeness (QED) is 0.703. The van der Waals surface area contributed by atoms with Crippen molar-refractivity contribution in [2.24, 2.45) is 11.7 Å². The van der Waals surface area contributed by atoms with Gasteiger partial charge in [-0.05, 0) is 38.3 Å². The first-order valence-electron chi connectivity index (χ1n) is 5.16. The van der Waals surface area contributed by atoms with Crippen LogP contribution in [0.2, 0.25) is 0 Å². The van der Waals surface area contributed by atoms with Gasteiger partial charge in [0, 0.05) is 19.5 Å². The zero-order chi connectivity index (χ0) is 9.52. The molecule has 1 fully saturated rings. The van der Waals surface area contributed by atoms with Gasteiger partial charge in [-0.3, -0.25) is 0 Å². The lowest BCUT2D eigenvalue weighted by molar-refractivity contribution is 0.173. The first-order chi connectivity index (χ1) is 6.36. The Morgan fingerprint density at radius 2 is 2.38 bits per heavy atom. The van der Waals surface area contributed by atoms with E-state index in [9.17, 15) is 0 Å². The molecule has 0 bridgehead atoms. The first kappa shape index (κ1) is 10.5. The number of nitrogens with two attached hydrogens (primary N) is 1. The van der Waals surface area contributed by atoms with Crippen LogP contribution in [0.5, 0.6) is 0 Å². The molecule has 0 aromatic heterocycles. The Balaban J connectivity index is 2.21. The highest BCUT2D eigenvalue weighted by Crippen LogP contribution is 2.18. The van der Waals surface area contributed by atoms with Crippen LogP contribution in [0.25, 0.3) is 0 Å². The molecule has 1 rings (SSSR count). The zero-order valence-corrected chi connectivity index (χ0v) is 8.21. The van der Waals surface area contributed by atoms with Gasteiger partial charge in [0.15, 0.2) is 0 Å². The lowest BCUT2D eigenvalue weighted by atomic mass is 9.95. The van der Waals surface area contributed by atoms with E-state index >= 15 is 0 Å². The molecular weight excluding hydrogens is 162 g/mol. The maximum absolute atomic E-state index is 8.47. The average molecular weight is 181 g/mol. The Morgan fingerprint density at radius 1 is 1.54 bits per heavy atom. The monoisotopic (exact) mass is 181 g/mol. The number of hydrogen-bond donors (Lipinski definition) is 1. The number of nitriles is 1. The third-order valence-corrected chi connectivity index (χ3v) is 2.72. The summed E-state index contributed by atoms with van der Waals surface area (Å²) in [6, 6.07) is 2.20. The van der Waals surface area contributed by atoms with Crippen molar-refractivity contribution in [2.75, 3.05) is 26.2 Å². The summed E-state index contributed by atoms with van der Waals surface area (Å²) in [6.45, 7) is 4.07. The summed E-state index contributed by atoms with van der Waals surface area (Å²) in [5.41, 5.74) is 5.53. The standard InChI is InChI=1S/C10H19N3/c11-5-2-8-13-7-1-3-10(9-13)4-6-12/h10H,1-4,6-9,12H2. The van der Waals surface area contributed by atoms with E-state index in [1.54, 1.807) is 0 Å². The summed E-state index contributed by atoms with van der Waals surface area (Å²) in [4.78, 5) is 2.40. The summed E-state index contributed by atoms with van der Waals surface area (Å²) in [5.74, 6) is 0.775. The molecule has 1 aliphatic rings. The molecule has 0 radical (unpaired) electrons. The number of rotatable bonds is 4. The molecule has 74 valence electrons. The Hall–Kier alpha value is -0.590. The molecule has 2 N–H and O–H groups in total. The summed E-state index contributed by atoms with van der Waals surface area (Å²) in [5, 5.41) is 8.47. The molecule has 0 aromatic rings. The third-order valence-electron chi connectivity index (χ3n) is 2.72. The van der Waals surface area contributed by atoms with Crippen molar-refractivity contribution in [2.45, 2.75) is 25.7 Å². The highest BCUT2D eigenvalue weighted by molar-refractivity contribution is 4.77. The molecule has 3 heteroatoms. The van der Waals surface area contributed by atoms with Crippen LogP contribution in [-0.2, 0) is 0 Å². The molecule has 1 saturated heterocycles. The van der Waals surface area contributed by atoms with Crippen molar-refractivity contribution in [3.05, 3.63) is 0 Å². The van der Waals surface area contributed by atoms with E-state index in [0.29, 0.717) is 6.42 Å². The minimum atomic E-state index is 0.662. The van der Waals surface area contributed by atoms with Crippen LogP contribution in [0, 0.1) is 17.2 Å². The van der Waals surface area contributed by atoms with Gasteiger partial charge in [0.25, 0.3) is 0 Å². The van der Waals surface area contributed by atoms with Crippen molar-refractivity contribution < 1.29 is 0 Å². The Kier molecular flexibility index (Phi) is 4.81. The molecule has 13 heavy (non-hydrogen) atoms. The van der Waals surface area contributed by atoms with Gasteiger partial charge < -0.3 is 10.6 Å². The Labute approximate surface area is 80.5 Å². The van der Waals surface area contributed by atoms with Crippen molar-refractivity contribution in [3.63, 3.8) is 0 Å². The molecular formula is C10H19N3. The molecule has 0 aromatic carbocycles. The lowest BCUT2D eigenvalue weighted by Crippen LogP contribution is -2.36. The highest BCUT2D eigenvalue weighted by atomic mass is 15.1. The number of piperidine rings is 1. The van der Waals surface area contributed by atoms with Gasteiger partial charge in [-0.15, -0.1) is 0 Å². The van der Waals surface area contributed by atoms with Gasteiger partial charge in [-0.25, -0.2) is 0 Å². The predicted octanol–water partition coefficient (Wildman–Crippen LogP) is 0.961. The van der Waals surface area contributed by atoms with Crippen molar-refractivity contribution >= 4 is 0 Å². The van der Waals surface area contributed by atoms with Crippen LogP contribution in [0.4, 0.5) is 0 Å². The number of likely N-dealkylation sites (tertiary alicyclic amines) is 1. The molecule has 3 nitrogen and oxygen atoms in total. The van der Waals surface area contributed by atoms with Crippen LogP contribution >= 0.6 is 0 Å². The largest absolute Gasteiger partial charge is 0.330 e. The van der Waals surface area contributed by atoms with Crippen LogP contribution in [0.1, 0.15) is 25.7 Å². The van der Waals surface area contributed by atoms with Gasteiger partial charge in [-0.1, -0.05) is 0 Å².